The molecule has 0 spiro atoms. The Kier molecular flexibility index (Phi) is 6.41. The number of fused-ring (bicyclic) bond motifs is 1. The van der Waals surface area contributed by atoms with Gasteiger partial charge in [0.25, 0.3) is 5.56 Å². The van der Waals surface area contributed by atoms with Gasteiger partial charge in [-0.05, 0) is 38.0 Å². The molecular weight excluding hydrogens is 424 g/mol. The van der Waals surface area contributed by atoms with Gasteiger partial charge in [-0.2, -0.15) is 0 Å². The lowest BCUT2D eigenvalue weighted by molar-refractivity contribution is -0.143. The third-order valence-electron chi connectivity index (χ3n) is 5.02. The molecule has 0 saturated carbocycles. The molecule has 0 saturated heterocycles. The summed E-state index contributed by atoms with van der Waals surface area (Å²) in [6.45, 7) is 5.38. The summed E-state index contributed by atoms with van der Waals surface area (Å²) in [5.41, 5.74) is 2.93. The van der Waals surface area contributed by atoms with E-state index in [1.807, 2.05) is 36.4 Å². The summed E-state index contributed by atoms with van der Waals surface area (Å²) in [7, 11) is 0. The molecule has 0 aliphatic carbocycles. The zero-order chi connectivity index (χ0) is 22.7. The van der Waals surface area contributed by atoms with E-state index in [-0.39, 0.29) is 11.7 Å². The van der Waals surface area contributed by atoms with Gasteiger partial charge in [-0.1, -0.05) is 48.2 Å². The first-order valence-electron chi connectivity index (χ1n) is 10.3. The minimum absolute atomic E-state index is 0.285. The number of anilines is 1. The van der Waals surface area contributed by atoms with E-state index >= 15 is 0 Å². The van der Waals surface area contributed by atoms with Crippen LogP contribution in [0, 0.1) is 0 Å². The van der Waals surface area contributed by atoms with Crippen LogP contribution in [-0.2, 0) is 15.3 Å². The van der Waals surface area contributed by atoms with Gasteiger partial charge in [-0.3, -0.25) is 9.78 Å². The summed E-state index contributed by atoms with van der Waals surface area (Å²) in [4.78, 5) is 37.9. The van der Waals surface area contributed by atoms with Crippen molar-refractivity contribution in [2.24, 2.45) is 0 Å². The molecule has 1 aliphatic heterocycles. The van der Waals surface area contributed by atoms with Crippen molar-refractivity contribution < 1.29 is 9.53 Å². The number of carbonyl (C=O) groups is 1. The normalized spacial score (nSPS) is 15.3. The first-order chi connectivity index (χ1) is 15.4. The van der Waals surface area contributed by atoms with E-state index < -0.39 is 11.9 Å². The predicted molar refractivity (Wildman–Crippen MR) is 124 cm³/mol. The third kappa shape index (κ3) is 4.60. The Morgan fingerprint density at radius 3 is 2.66 bits per heavy atom. The van der Waals surface area contributed by atoms with Crippen LogP contribution in [0.1, 0.15) is 43.4 Å². The van der Waals surface area contributed by atoms with Crippen molar-refractivity contribution in [1.82, 2.24) is 15.0 Å². The highest BCUT2D eigenvalue weighted by atomic mass is 32.2. The molecule has 0 amide bonds. The molecule has 1 aromatic carbocycles. The van der Waals surface area contributed by atoms with Gasteiger partial charge in [0, 0.05) is 23.8 Å². The molecule has 1 aliphatic rings. The first-order valence-corrected chi connectivity index (χ1v) is 11.3. The summed E-state index contributed by atoms with van der Waals surface area (Å²) in [6, 6.07) is 13.6. The highest BCUT2D eigenvalue weighted by Gasteiger charge is 2.36. The number of H-pyrrole nitrogens is 1. The number of rotatable bonds is 6. The maximum Gasteiger partial charge on any atom is 0.337 e. The van der Waals surface area contributed by atoms with Crippen LogP contribution >= 0.6 is 11.8 Å². The van der Waals surface area contributed by atoms with E-state index in [1.54, 1.807) is 39.2 Å². The second kappa shape index (κ2) is 9.40. The fraction of sp³-hybridized carbons (Fsp3) is 0.250. The molecule has 3 heterocycles. The zero-order valence-electron chi connectivity index (χ0n) is 18.1. The molecule has 0 bridgehead atoms. The largest absolute Gasteiger partial charge is 0.460 e. The third-order valence-corrected chi connectivity index (χ3v) is 5.96. The molecule has 1 atom stereocenters. The van der Waals surface area contributed by atoms with E-state index in [2.05, 4.69) is 20.3 Å². The topological polar surface area (TPSA) is 97.0 Å². The molecule has 2 N–H and O–H groups in total. The Labute approximate surface area is 190 Å². The number of thioether (sulfide) groups is 1. The van der Waals surface area contributed by atoms with Crippen LogP contribution in [0.5, 0.6) is 0 Å². The van der Waals surface area contributed by atoms with Gasteiger partial charge >= 0.3 is 5.97 Å². The molecule has 1 unspecified atom stereocenters. The fourth-order valence-electron chi connectivity index (χ4n) is 3.65. The number of aromatic amines is 1. The van der Waals surface area contributed by atoms with Gasteiger partial charge in [0.1, 0.15) is 5.82 Å². The van der Waals surface area contributed by atoms with Crippen molar-refractivity contribution in [1.29, 1.82) is 0 Å². The Bertz CT molecular complexity index is 1210. The van der Waals surface area contributed by atoms with Crippen molar-refractivity contribution >= 4 is 23.5 Å². The summed E-state index contributed by atoms with van der Waals surface area (Å²) < 4.78 is 5.48. The summed E-state index contributed by atoms with van der Waals surface area (Å²) in [5.74, 6) is 0.0221. The number of nitrogens with zero attached hydrogens (tertiary/aromatic N) is 2. The lowest BCUT2D eigenvalue weighted by atomic mass is 9.83. The number of esters is 1. The van der Waals surface area contributed by atoms with E-state index in [0.29, 0.717) is 33.6 Å². The molecule has 8 heteroatoms. The van der Waals surface area contributed by atoms with Gasteiger partial charge in [-0.15, -0.1) is 0 Å². The molecule has 2 aromatic heterocycles. The van der Waals surface area contributed by atoms with Crippen LogP contribution in [0.4, 0.5) is 5.82 Å². The van der Waals surface area contributed by atoms with Gasteiger partial charge in [-0.25, -0.2) is 9.78 Å². The molecular formula is C24H24N4O3S. The van der Waals surface area contributed by atoms with E-state index in [0.717, 1.165) is 11.1 Å². The number of hydrogen-bond acceptors (Lipinski definition) is 7. The molecule has 3 aromatic rings. The van der Waals surface area contributed by atoms with E-state index in [1.165, 1.54) is 11.8 Å². The van der Waals surface area contributed by atoms with E-state index in [4.69, 9.17) is 4.74 Å². The number of ether oxygens (including phenoxy) is 1. The van der Waals surface area contributed by atoms with Crippen molar-refractivity contribution in [3.05, 3.63) is 93.2 Å². The van der Waals surface area contributed by atoms with Crippen LogP contribution in [0.15, 0.2) is 76.1 Å². The lowest BCUT2D eigenvalue weighted by Gasteiger charge is -2.29. The van der Waals surface area contributed by atoms with Crippen molar-refractivity contribution in [2.75, 3.05) is 5.32 Å². The molecule has 0 radical (unpaired) electrons. The molecule has 32 heavy (non-hydrogen) atoms. The SMILES string of the molecule is CC1=C(C(=O)OC(C)C)C(c2cccnc2)c2c(nc(SCc3ccccc3)[nH]c2=O)N1. The van der Waals surface area contributed by atoms with Gasteiger partial charge in [0.15, 0.2) is 5.16 Å². The first kappa shape index (κ1) is 21.8. The number of nitrogens with one attached hydrogen (secondary N) is 2. The average molecular weight is 449 g/mol. The smallest absolute Gasteiger partial charge is 0.337 e. The Hall–Kier alpha value is -3.39. The van der Waals surface area contributed by atoms with Crippen molar-refractivity contribution in [3.63, 3.8) is 0 Å². The zero-order valence-corrected chi connectivity index (χ0v) is 18.9. The van der Waals surface area contributed by atoms with Crippen LogP contribution in [0.25, 0.3) is 0 Å². The van der Waals surface area contributed by atoms with Gasteiger partial charge in [0.2, 0.25) is 0 Å². The highest BCUT2D eigenvalue weighted by Crippen LogP contribution is 2.40. The Morgan fingerprint density at radius 2 is 1.97 bits per heavy atom. The monoisotopic (exact) mass is 448 g/mol. The molecule has 7 nitrogen and oxygen atoms in total. The minimum Gasteiger partial charge on any atom is -0.460 e. The Morgan fingerprint density at radius 1 is 1.19 bits per heavy atom. The molecule has 4 rings (SSSR count). The summed E-state index contributed by atoms with van der Waals surface area (Å²) in [5, 5.41) is 3.67. The fourth-order valence-corrected chi connectivity index (χ4v) is 4.47. The van der Waals surface area contributed by atoms with Gasteiger partial charge < -0.3 is 15.0 Å². The van der Waals surface area contributed by atoms with Crippen LogP contribution < -0.4 is 10.9 Å². The summed E-state index contributed by atoms with van der Waals surface area (Å²) >= 11 is 1.45. The minimum atomic E-state index is -0.629. The number of benzene rings is 1. The maximum atomic E-state index is 13.2. The standard InChI is InChI=1S/C24H24N4O3S/c1-14(2)31-23(30)18-15(3)26-21-20(19(18)17-10-7-11-25-12-17)22(29)28-24(27-21)32-13-16-8-5-4-6-9-16/h4-12,14,19H,13H2,1-3H3,(H2,26,27,28,29). The Balaban J connectivity index is 1.75. The predicted octanol–water partition coefficient (Wildman–Crippen LogP) is 4.24. The quantitative estimate of drug-likeness (QED) is 0.331. The van der Waals surface area contributed by atoms with E-state index in [9.17, 15) is 9.59 Å². The highest BCUT2D eigenvalue weighted by molar-refractivity contribution is 7.98. The number of aromatic nitrogens is 3. The second-order valence-corrected chi connectivity index (χ2v) is 8.71. The van der Waals surface area contributed by atoms with Gasteiger partial charge in [0.05, 0.1) is 23.2 Å². The summed E-state index contributed by atoms with van der Waals surface area (Å²) in [6.07, 6.45) is 3.03. The second-order valence-electron chi connectivity index (χ2n) is 7.74. The van der Waals surface area contributed by atoms with Crippen molar-refractivity contribution in [2.45, 2.75) is 43.7 Å². The molecule has 0 fully saturated rings. The maximum absolute atomic E-state index is 13.2. The van der Waals surface area contributed by atoms with Crippen LogP contribution in [0.3, 0.4) is 0 Å². The number of allylic oxidation sites excluding steroid dienone is 1. The lowest BCUT2D eigenvalue weighted by Crippen LogP contribution is -2.31. The van der Waals surface area contributed by atoms with Crippen LogP contribution in [-0.4, -0.2) is 27.0 Å². The number of hydrogen-bond donors (Lipinski definition) is 2. The number of pyridine rings is 1. The number of carbonyl (C=O) groups excluding carboxylic acids is 1. The molecule has 164 valence electrons. The average Bonchev–Trinajstić information content (AvgIpc) is 2.77. The van der Waals surface area contributed by atoms with Crippen LogP contribution in [0.2, 0.25) is 0 Å². The van der Waals surface area contributed by atoms with Crippen molar-refractivity contribution in [3.8, 4) is 0 Å².